The van der Waals surface area contributed by atoms with Crippen LogP contribution in [-0.2, 0) is 6.54 Å². The van der Waals surface area contributed by atoms with Gasteiger partial charge in [-0.05, 0) is 30.2 Å². The van der Waals surface area contributed by atoms with Crippen molar-refractivity contribution in [1.82, 2.24) is 9.99 Å². The molecule has 0 saturated heterocycles. The number of aliphatic hydroxyl groups is 1. The van der Waals surface area contributed by atoms with Crippen molar-refractivity contribution < 1.29 is 5.11 Å². The average Bonchev–Trinajstić information content (AvgIpc) is 2.70. The molecule has 0 aliphatic heterocycles. The highest BCUT2D eigenvalue weighted by Crippen LogP contribution is 2.25. The predicted molar refractivity (Wildman–Crippen MR) is 130 cm³/mol. The van der Waals surface area contributed by atoms with Crippen LogP contribution in [0.15, 0.2) is 79.0 Å². The normalized spacial score (nSPS) is 13.2. The summed E-state index contributed by atoms with van der Waals surface area (Å²) >= 11 is 0. The highest BCUT2D eigenvalue weighted by molar-refractivity contribution is 5.86. The van der Waals surface area contributed by atoms with E-state index < -0.39 is 12.1 Å². The maximum absolute atomic E-state index is 10.0. The molecule has 0 radical (unpaired) electrons. The van der Waals surface area contributed by atoms with Crippen LogP contribution in [-0.4, -0.2) is 27.2 Å². The summed E-state index contributed by atoms with van der Waals surface area (Å²) in [5.74, 6) is 6.40. The highest BCUT2D eigenvalue weighted by atomic mass is 35.5. The van der Waals surface area contributed by atoms with Crippen molar-refractivity contribution in [3.8, 4) is 11.3 Å². The molecule has 0 aliphatic carbocycles. The Morgan fingerprint density at radius 3 is 2.03 bits per heavy atom. The van der Waals surface area contributed by atoms with Crippen LogP contribution >= 0.6 is 37.2 Å². The Hall–Kier alpha value is -1.70. The third-order valence-electron chi connectivity index (χ3n) is 4.70. The molecule has 3 aromatic rings. The summed E-state index contributed by atoms with van der Waals surface area (Å²) in [6.07, 6.45) is 1.11. The lowest BCUT2D eigenvalue weighted by Crippen LogP contribution is -2.49. The summed E-state index contributed by atoms with van der Waals surface area (Å²) in [4.78, 5) is 4.37. The molecule has 0 bridgehead atoms. The molecule has 3 unspecified atom stereocenters. The Balaban J connectivity index is 0.00000280. The number of hydrogen-bond acceptors (Lipinski definition) is 5. The maximum Gasteiger partial charge on any atom is 0.0701 e. The number of nitrogens with zero attached hydrogens (tertiary/aromatic N) is 2. The molecule has 5 nitrogen and oxygen atoms in total. The van der Waals surface area contributed by atoms with Gasteiger partial charge in [0.05, 0.1) is 23.9 Å². The van der Waals surface area contributed by atoms with E-state index in [-0.39, 0.29) is 43.3 Å². The van der Waals surface area contributed by atoms with Crippen LogP contribution in [0.5, 0.6) is 0 Å². The van der Waals surface area contributed by atoms with Crippen LogP contribution in [0.3, 0.4) is 0 Å². The van der Waals surface area contributed by atoms with Gasteiger partial charge >= 0.3 is 0 Å². The molecule has 3 atom stereocenters. The lowest BCUT2D eigenvalue weighted by Gasteiger charge is -2.34. The van der Waals surface area contributed by atoms with Crippen LogP contribution in [0, 0.1) is 0 Å². The molecule has 0 fully saturated rings. The Bertz CT molecular complexity index is 836. The number of nitrogens with two attached hydrogens (primary N) is 2. The van der Waals surface area contributed by atoms with Crippen molar-refractivity contribution in [2.75, 3.05) is 0 Å². The molecule has 1 heterocycles. The lowest BCUT2D eigenvalue weighted by atomic mass is 9.95. The molecule has 0 aliphatic rings. The quantitative estimate of drug-likeness (QED) is 0.356. The molecule has 0 amide bonds. The number of aromatic nitrogens is 1. The van der Waals surface area contributed by atoms with E-state index in [9.17, 15) is 5.11 Å². The summed E-state index contributed by atoms with van der Waals surface area (Å²) in [5, 5.41) is 11.7. The topological polar surface area (TPSA) is 88.4 Å². The van der Waals surface area contributed by atoms with Gasteiger partial charge in [-0.25, -0.2) is 5.01 Å². The smallest absolute Gasteiger partial charge is 0.0701 e. The predicted octanol–water partition coefficient (Wildman–Crippen LogP) is 4.14. The summed E-state index contributed by atoms with van der Waals surface area (Å²) in [7, 11) is 0. The molecule has 2 aromatic carbocycles. The SMILES string of the molecule is CC(O)C(N)C(c1ccccc1)N(N)Cc1ccc(-c2ccccn2)cc1.Cl.Cl.Cl. The van der Waals surface area contributed by atoms with Gasteiger partial charge in [-0.1, -0.05) is 60.7 Å². The molecule has 1 aromatic heterocycles. The van der Waals surface area contributed by atoms with Crippen LogP contribution < -0.4 is 11.6 Å². The third kappa shape index (κ3) is 7.22. The first-order chi connectivity index (χ1) is 13.1. The van der Waals surface area contributed by atoms with E-state index in [2.05, 4.69) is 4.98 Å². The number of aliphatic hydroxyl groups excluding tert-OH is 1. The fraction of sp³-hybridized carbons (Fsp3) is 0.227. The molecule has 30 heavy (non-hydrogen) atoms. The Labute approximate surface area is 196 Å². The van der Waals surface area contributed by atoms with E-state index in [1.807, 2.05) is 72.8 Å². The van der Waals surface area contributed by atoms with E-state index >= 15 is 0 Å². The van der Waals surface area contributed by atoms with Gasteiger partial charge in [-0.3, -0.25) is 10.8 Å². The highest BCUT2D eigenvalue weighted by Gasteiger charge is 2.28. The van der Waals surface area contributed by atoms with Crippen molar-refractivity contribution in [2.24, 2.45) is 11.6 Å². The van der Waals surface area contributed by atoms with E-state index in [4.69, 9.17) is 11.6 Å². The largest absolute Gasteiger partial charge is 0.392 e. The number of rotatable bonds is 7. The Morgan fingerprint density at radius 1 is 0.900 bits per heavy atom. The minimum atomic E-state index is -0.673. The Kier molecular flexibility index (Phi) is 12.8. The zero-order valence-electron chi connectivity index (χ0n) is 16.7. The van der Waals surface area contributed by atoms with Crippen LogP contribution in [0.4, 0.5) is 0 Å². The molecule has 3 rings (SSSR count). The standard InChI is InChI=1S/C22H26N4O.3ClH/c1-16(27)21(23)22(19-7-3-2-4-8-19)26(24)15-17-10-12-18(13-11-17)20-9-5-6-14-25-20;;;/h2-14,16,21-22,27H,15,23-24H2,1H3;3*1H. The van der Waals surface area contributed by atoms with Gasteiger partial charge in [-0.2, -0.15) is 0 Å². The molecule has 164 valence electrons. The van der Waals surface area contributed by atoms with Crippen LogP contribution in [0.25, 0.3) is 11.3 Å². The third-order valence-corrected chi connectivity index (χ3v) is 4.70. The minimum absolute atomic E-state index is 0. The van der Waals surface area contributed by atoms with Gasteiger partial charge in [0, 0.05) is 18.3 Å². The molecular formula is C22H29Cl3N4O. The van der Waals surface area contributed by atoms with Crippen molar-refractivity contribution in [3.63, 3.8) is 0 Å². The van der Waals surface area contributed by atoms with Crippen molar-refractivity contribution in [1.29, 1.82) is 0 Å². The van der Waals surface area contributed by atoms with Gasteiger partial charge in [0.15, 0.2) is 0 Å². The first kappa shape index (κ1) is 28.3. The van der Waals surface area contributed by atoms with Gasteiger partial charge < -0.3 is 10.8 Å². The number of benzene rings is 2. The van der Waals surface area contributed by atoms with Crippen LogP contribution in [0.2, 0.25) is 0 Å². The van der Waals surface area contributed by atoms with Gasteiger partial charge in [0.25, 0.3) is 0 Å². The fourth-order valence-corrected chi connectivity index (χ4v) is 3.17. The van der Waals surface area contributed by atoms with E-state index in [1.54, 1.807) is 18.1 Å². The maximum atomic E-state index is 10.0. The lowest BCUT2D eigenvalue weighted by molar-refractivity contribution is 0.0829. The molecule has 0 saturated carbocycles. The first-order valence-electron chi connectivity index (χ1n) is 9.06. The molecular weight excluding hydrogens is 443 g/mol. The van der Waals surface area contributed by atoms with Crippen molar-refractivity contribution in [3.05, 3.63) is 90.1 Å². The zero-order chi connectivity index (χ0) is 19.2. The molecule has 8 heteroatoms. The second kappa shape index (κ2) is 13.6. The van der Waals surface area contributed by atoms with E-state index in [0.717, 1.165) is 22.4 Å². The number of halogens is 3. The van der Waals surface area contributed by atoms with Crippen molar-refractivity contribution in [2.45, 2.75) is 31.7 Å². The fourth-order valence-electron chi connectivity index (χ4n) is 3.17. The number of pyridine rings is 1. The van der Waals surface area contributed by atoms with Crippen molar-refractivity contribution >= 4 is 37.2 Å². The first-order valence-corrected chi connectivity index (χ1v) is 9.06. The van der Waals surface area contributed by atoms with Crippen LogP contribution in [0.1, 0.15) is 24.1 Å². The summed E-state index contributed by atoms with van der Waals surface area (Å²) in [6.45, 7) is 2.21. The Morgan fingerprint density at radius 2 is 1.50 bits per heavy atom. The summed E-state index contributed by atoms with van der Waals surface area (Å²) in [5.41, 5.74) is 10.3. The molecule has 5 N–H and O–H groups in total. The number of hydrogen-bond donors (Lipinski definition) is 3. The van der Waals surface area contributed by atoms with E-state index in [0.29, 0.717) is 6.54 Å². The minimum Gasteiger partial charge on any atom is -0.392 e. The second-order valence-electron chi connectivity index (χ2n) is 6.76. The van der Waals surface area contributed by atoms with Gasteiger partial charge in [0.1, 0.15) is 0 Å². The second-order valence-corrected chi connectivity index (χ2v) is 6.76. The summed E-state index contributed by atoms with van der Waals surface area (Å²) in [6, 6.07) is 23.1. The summed E-state index contributed by atoms with van der Waals surface area (Å²) < 4.78 is 0. The monoisotopic (exact) mass is 470 g/mol. The van der Waals surface area contributed by atoms with Gasteiger partial charge in [-0.15, -0.1) is 37.2 Å². The average molecular weight is 472 g/mol. The number of hydrazine groups is 1. The molecule has 0 spiro atoms. The van der Waals surface area contributed by atoms with E-state index in [1.165, 1.54) is 0 Å². The zero-order valence-corrected chi connectivity index (χ0v) is 19.1. The van der Waals surface area contributed by atoms with Gasteiger partial charge in [0.2, 0.25) is 0 Å².